The number of hydrogen-bond donors (Lipinski definition) is 2. The van der Waals surface area contributed by atoms with Crippen molar-refractivity contribution in [2.75, 3.05) is 0 Å². The zero-order valence-electron chi connectivity index (χ0n) is 7.54. The average Bonchev–Trinajstić information content (AvgIpc) is 1.97. The van der Waals surface area contributed by atoms with E-state index in [9.17, 15) is 9.50 Å². The van der Waals surface area contributed by atoms with Crippen LogP contribution in [0.5, 0.6) is 5.75 Å². The van der Waals surface area contributed by atoms with Crippen LogP contribution in [0.4, 0.5) is 4.39 Å². The molecule has 13 heavy (non-hydrogen) atoms. The van der Waals surface area contributed by atoms with Crippen molar-refractivity contribution >= 4 is 12.4 Å². The minimum atomic E-state index is -0.482. The van der Waals surface area contributed by atoms with E-state index in [-0.39, 0.29) is 23.7 Å². The fourth-order valence-electron chi connectivity index (χ4n) is 1.13. The lowest BCUT2D eigenvalue weighted by atomic mass is 10.0. The van der Waals surface area contributed by atoms with Gasteiger partial charge in [0.05, 0.1) is 0 Å². The van der Waals surface area contributed by atoms with Crippen LogP contribution in [-0.4, -0.2) is 5.11 Å². The number of aromatic hydroxyl groups is 1. The minimum Gasteiger partial charge on any atom is -0.507 e. The fraction of sp³-hybridized carbons (Fsp3) is 0.333. The Morgan fingerprint density at radius 2 is 2.00 bits per heavy atom. The normalized spacial score (nSPS) is 12.0. The predicted molar refractivity (Wildman–Crippen MR) is 52.7 cm³/mol. The van der Waals surface area contributed by atoms with Gasteiger partial charge in [0.2, 0.25) is 0 Å². The molecular weight excluding hydrogens is 193 g/mol. The molecule has 0 aliphatic carbocycles. The van der Waals surface area contributed by atoms with Gasteiger partial charge in [-0.1, -0.05) is 6.07 Å². The minimum absolute atomic E-state index is 0. The molecule has 0 spiro atoms. The Labute approximate surface area is 83.0 Å². The van der Waals surface area contributed by atoms with Gasteiger partial charge in [-0.05, 0) is 25.5 Å². The van der Waals surface area contributed by atoms with E-state index in [1.807, 2.05) is 0 Å². The molecule has 0 aliphatic heterocycles. The summed E-state index contributed by atoms with van der Waals surface area (Å²) in [6.45, 7) is 3.35. The topological polar surface area (TPSA) is 46.2 Å². The van der Waals surface area contributed by atoms with Gasteiger partial charge in [-0.25, -0.2) is 4.39 Å². The molecule has 1 atom stereocenters. The molecule has 0 aliphatic rings. The smallest absolute Gasteiger partial charge is 0.131 e. The van der Waals surface area contributed by atoms with Crippen molar-refractivity contribution in [3.63, 3.8) is 0 Å². The molecule has 0 heterocycles. The molecular formula is C9H13ClFNO. The standard InChI is InChI=1S/C9H12FNO.ClH/c1-5-3-4-7(10)8(6(2)11)9(5)12;/h3-4,6,12H,11H2,1-2H3;1H/t6-;/m1./s1. The second-order valence-corrected chi connectivity index (χ2v) is 2.92. The summed E-state index contributed by atoms with van der Waals surface area (Å²) < 4.78 is 13.0. The number of rotatable bonds is 1. The summed E-state index contributed by atoms with van der Waals surface area (Å²) in [5.74, 6) is -0.488. The second-order valence-electron chi connectivity index (χ2n) is 2.92. The van der Waals surface area contributed by atoms with Crippen molar-refractivity contribution in [3.8, 4) is 5.75 Å². The number of aryl methyl sites for hydroxylation is 1. The van der Waals surface area contributed by atoms with Gasteiger partial charge in [0, 0.05) is 11.6 Å². The fourth-order valence-corrected chi connectivity index (χ4v) is 1.13. The van der Waals surface area contributed by atoms with E-state index in [4.69, 9.17) is 5.73 Å². The van der Waals surface area contributed by atoms with E-state index in [0.717, 1.165) is 0 Å². The van der Waals surface area contributed by atoms with Gasteiger partial charge in [0.1, 0.15) is 11.6 Å². The van der Waals surface area contributed by atoms with Crippen LogP contribution in [0.1, 0.15) is 24.1 Å². The summed E-state index contributed by atoms with van der Waals surface area (Å²) in [4.78, 5) is 0. The lowest BCUT2D eigenvalue weighted by Gasteiger charge is -2.11. The predicted octanol–water partition coefficient (Wildman–Crippen LogP) is 2.28. The third-order valence-electron chi connectivity index (χ3n) is 1.82. The van der Waals surface area contributed by atoms with E-state index in [1.54, 1.807) is 13.8 Å². The summed E-state index contributed by atoms with van der Waals surface area (Å²) in [5, 5.41) is 9.43. The zero-order chi connectivity index (χ0) is 9.30. The highest BCUT2D eigenvalue weighted by Crippen LogP contribution is 2.28. The number of nitrogens with two attached hydrogens (primary N) is 1. The highest BCUT2D eigenvalue weighted by Gasteiger charge is 2.13. The molecule has 0 bridgehead atoms. The third kappa shape index (κ3) is 2.32. The highest BCUT2D eigenvalue weighted by atomic mass is 35.5. The largest absolute Gasteiger partial charge is 0.507 e. The van der Waals surface area contributed by atoms with Crippen LogP contribution >= 0.6 is 12.4 Å². The third-order valence-corrected chi connectivity index (χ3v) is 1.82. The molecule has 0 aromatic heterocycles. The molecule has 1 aromatic rings. The Bertz CT molecular complexity index is 302. The van der Waals surface area contributed by atoms with Gasteiger partial charge < -0.3 is 10.8 Å². The van der Waals surface area contributed by atoms with E-state index in [1.165, 1.54) is 12.1 Å². The van der Waals surface area contributed by atoms with Gasteiger partial charge in [-0.15, -0.1) is 12.4 Å². The molecule has 1 rings (SSSR count). The first-order chi connectivity index (χ1) is 5.54. The first kappa shape index (κ1) is 12.2. The van der Waals surface area contributed by atoms with Gasteiger partial charge in [0.15, 0.2) is 0 Å². The Kier molecular flexibility index (Phi) is 4.17. The summed E-state index contributed by atoms with van der Waals surface area (Å²) in [5.41, 5.74) is 6.32. The van der Waals surface area contributed by atoms with Crippen LogP contribution in [0.2, 0.25) is 0 Å². The molecule has 0 radical (unpaired) electrons. The van der Waals surface area contributed by atoms with Crippen molar-refractivity contribution < 1.29 is 9.50 Å². The van der Waals surface area contributed by atoms with E-state index >= 15 is 0 Å². The number of phenolic OH excluding ortho intramolecular Hbond substituents is 1. The van der Waals surface area contributed by atoms with Crippen LogP contribution < -0.4 is 5.73 Å². The maximum absolute atomic E-state index is 13.0. The molecule has 0 unspecified atom stereocenters. The summed E-state index contributed by atoms with van der Waals surface area (Å²) in [6, 6.07) is 2.36. The van der Waals surface area contributed by atoms with E-state index in [0.29, 0.717) is 5.56 Å². The first-order valence-electron chi connectivity index (χ1n) is 3.77. The SMILES string of the molecule is Cc1ccc(F)c([C@@H](C)N)c1O.Cl. The van der Waals surface area contributed by atoms with Gasteiger partial charge >= 0.3 is 0 Å². The number of phenols is 1. The van der Waals surface area contributed by atoms with Gasteiger partial charge in [0.25, 0.3) is 0 Å². The van der Waals surface area contributed by atoms with Crippen LogP contribution in [0.25, 0.3) is 0 Å². The molecule has 1 aromatic carbocycles. The number of hydrogen-bond acceptors (Lipinski definition) is 2. The zero-order valence-corrected chi connectivity index (χ0v) is 8.36. The Morgan fingerprint density at radius 3 is 2.38 bits per heavy atom. The molecule has 74 valence electrons. The molecule has 3 N–H and O–H groups in total. The molecule has 0 saturated heterocycles. The second kappa shape index (κ2) is 4.44. The van der Waals surface area contributed by atoms with Crippen molar-refractivity contribution in [2.45, 2.75) is 19.9 Å². The Morgan fingerprint density at radius 1 is 1.46 bits per heavy atom. The van der Waals surface area contributed by atoms with Crippen LogP contribution in [-0.2, 0) is 0 Å². The molecule has 0 saturated carbocycles. The monoisotopic (exact) mass is 205 g/mol. The maximum Gasteiger partial charge on any atom is 0.131 e. The molecule has 2 nitrogen and oxygen atoms in total. The van der Waals surface area contributed by atoms with Crippen molar-refractivity contribution in [3.05, 3.63) is 29.1 Å². The van der Waals surface area contributed by atoms with Gasteiger partial charge in [-0.3, -0.25) is 0 Å². The first-order valence-corrected chi connectivity index (χ1v) is 3.77. The van der Waals surface area contributed by atoms with Crippen LogP contribution in [0.15, 0.2) is 12.1 Å². The Balaban J connectivity index is 0.00000144. The van der Waals surface area contributed by atoms with Crippen molar-refractivity contribution in [1.29, 1.82) is 0 Å². The molecule has 0 amide bonds. The van der Waals surface area contributed by atoms with E-state index in [2.05, 4.69) is 0 Å². The van der Waals surface area contributed by atoms with Crippen LogP contribution in [0, 0.1) is 12.7 Å². The lowest BCUT2D eigenvalue weighted by Crippen LogP contribution is -2.08. The Hall–Kier alpha value is -0.800. The van der Waals surface area contributed by atoms with Crippen molar-refractivity contribution in [1.82, 2.24) is 0 Å². The molecule has 0 fully saturated rings. The summed E-state index contributed by atoms with van der Waals surface area (Å²) >= 11 is 0. The summed E-state index contributed by atoms with van der Waals surface area (Å²) in [6.07, 6.45) is 0. The quantitative estimate of drug-likeness (QED) is 0.739. The maximum atomic E-state index is 13.0. The van der Waals surface area contributed by atoms with Gasteiger partial charge in [-0.2, -0.15) is 0 Å². The van der Waals surface area contributed by atoms with E-state index < -0.39 is 11.9 Å². The van der Waals surface area contributed by atoms with Crippen LogP contribution in [0.3, 0.4) is 0 Å². The van der Waals surface area contributed by atoms with Crippen molar-refractivity contribution in [2.24, 2.45) is 5.73 Å². The number of halogens is 2. The summed E-state index contributed by atoms with van der Waals surface area (Å²) in [7, 11) is 0. The highest BCUT2D eigenvalue weighted by molar-refractivity contribution is 5.85. The lowest BCUT2D eigenvalue weighted by molar-refractivity contribution is 0.448. The molecule has 4 heteroatoms. The average molecular weight is 206 g/mol. The number of benzene rings is 1.